The summed E-state index contributed by atoms with van der Waals surface area (Å²) in [7, 11) is 0. The highest BCUT2D eigenvalue weighted by Crippen LogP contribution is 2.29. The fourth-order valence-corrected chi connectivity index (χ4v) is 2.24. The van der Waals surface area contributed by atoms with Crippen molar-refractivity contribution in [2.75, 3.05) is 0 Å². The normalized spacial score (nSPS) is 10.5. The molecule has 2 aromatic rings. The van der Waals surface area contributed by atoms with E-state index in [2.05, 4.69) is 32.0 Å². The quantitative estimate of drug-likeness (QED) is 0.832. The lowest BCUT2D eigenvalue weighted by atomic mass is 9.92. The smallest absolute Gasteiger partial charge is 0.115 e. The van der Waals surface area contributed by atoms with Crippen molar-refractivity contribution in [2.45, 2.75) is 26.7 Å². The Morgan fingerprint density at radius 1 is 0.824 bits per heavy atom. The number of aromatic hydroxyl groups is 1. The highest BCUT2D eigenvalue weighted by atomic mass is 16.3. The average Bonchev–Trinajstić information content (AvgIpc) is 2.38. The zero-order chi connectivity index (χ0) is 12.3. The van der Waals surface area contributed by atoms with E-state index in [0.717, 1.165) is 12.8 Å². The average molecular weight is 226 g/mol. The standard InChI is InChI=1S/C16H18O/c1-3-12-6-5-7-13(4-2)16(12)14-8-10-15(17)11-9-14/h5-11,17H,3-4H2,1-2H3. The largest absolute Gasteiger partial charge is 0.508 e. The van der Waals surface area contributed by atoms with Gasteiger partial charge in [-0.2, -0.15) is 0 Å². The van der Waals surface area contributed by atoms with Crippen molar-refractivity contribution in [1.29, 1.82) is 0 Å². The van der Waals surface area contributed by atoms with Crippen LogP contribution in [0.15, 0.2) is 42.5 Å². The molecule has 0 atom stereocenters. The maximum absolute atomic E-state index is 9.36. The first kappa shape index (κ1) is 11.7. The van der Waals surface area contributed by atoms with E-state index in [9.17, 15) is 5.11 Å². The minimum Gasteiger partial charge on any atom is -0.508 e. The molecule has 0 saturated carbocycles. The zero-order valence-electron chi connectivity index (χ0n) is 10.4. The van der Waals surface area contributed by atoms with Gasteiger partial charge in [0.1, 0.15) is 5.75 Å². The molecule has 1 N–H and O–H groups in total. The van der Waals surface area contributed by atoms with Gasteiger partial charge >= 0.3 is 0 Å². The SMILES string of the molecule is CCc1cccc(CC)c1-c1ccc(O)cc1. The third kappa shape index (κ3) is 2.33. The second-order valence-electron chi connectivity index (χ2n) is 4.21. The van der Waals surface area contributed by atoms with Gasteiger partial charge in [0.2, 0.25) is 0 Å². The second-order valence-corrected chi connectivity index (χ2v) is 4.21. The van der Waals surface area contributed by atoms with Crippen LogP contribution >= 0.6 is 0 Å². The van der Waals surface area contributed by atoms with Gasteiger partial charge in [0.05, 0.1) is 0 Å². The highest BCUT2D eigenvalue weighted by molar-refractivity contribution is 5.71. The van der Waals surface area contributed by atoms with Gasteiger partial charge in [-0.15, -0.1) is 0 Å². The molecule has 0 amide bonds. The first-order valence-corrected chi connectivity index (χ1v) is 6.16. The number of phenolic OH excluding ortho intramolecular Hbond substituents is 1. The van der Waals surface area contributed by atoms with Crippen LogP contribution in [-0.4, -0.2) is 5.11 Å². The Bertz CT molecular complexity index is 475. The van der Waals surface area contributed by atoms with Crippen LogP contribution in [0.25, 0.3) is 11.1 Å². The van der Waals surface area contributed by atoms with Gasteiger partial charge in [0.25, 0.3) is 0 Å². The molecule has 0 saturated heterocycles. The first-order valence-electron chi connectivity index (χ1n) is 6.16. The van der Waals surface area contributed by atoms with E-state index >= 15 is 0 Å². The van der Waals surface area contributed by atoms with E-state index in [1.165, 1.54) is 22.3 Å². The van der Waals surface area contributed by atoms with E-state index in [-0.39, 0.29) is 0 Å². The Labute approximate surface area is 103 Å². The van der Waals surface area contributed by atoms with Crippen molar-refractivity contribution < 1.29 is 5.11 Å². The molecule has 0 aliphatic heterocycles. The Kier molecular flexibility index (Phi) is 3.48. The lowest BCUT2D eigenvalue weighted by Gasteiger charge is -2.13. The van der Waals surface area contributed by atoms with Crippen LogP contribution in [0.5, 0.6) is 5.75 Å². The summed E-state index contributed by atoms with van der Waals surface area (Å²) in [5, 5.41) is 9.36. The molecule has 88 valence electrons. The lowest BCUT2D eigenvalue weighted by molar-refractivity contribution is 0.475. The number of hydrogen-bond acceptors (Lipinski definition) is 1. The summed E-state index contributed by atoms with van der Waals surface area (Å²) in [6, 6.07) is 14.0. The van der Waals surface area contributed by atoms with E-state index < -0.39 is 0 Å². The molecule has 0 bridgehead atoms. The van der Waals surface area contributed by atoms with Crippen LogP contribution in [0.4, 0.5) is 0 Å². The summed E-state index contributed by atoms with van der Waals surface area (Å²) in [4.78, 5) is 0. The summed E-state index contributed by atoms with van der Waals surface area (Å²) in [6.07, 6.45) is 2.06. The van der Waals surface area contributed by atoms with Gasteiger partial charge in [-0.05, 0) is 47.2 Å². The molecule has 0 aliphatic carbocycles. The van der Waals surface area contributed by atoms with Crippen molar-refractivity contribution in [2.24, 2.45) is 0 Å². The van der Waals surface area contributed by atoms with Crippen LogP contribution in [-0.2, 0) is 12.8 Å². The van der Waals surface area contributed by atoms with Gasteiger partial charge in [-0.25, -0.2) is 0 Å². The van der Waals surface area contributed by atoms with Crippen LogP contribution in [0.3, 0.4) is 0 Å². The van der Waals surface area contributed by atoms with Crippen LogP contribution in [0.2, 0.25) is 0 Å². The van der Waals surface area contributed by atoms with E-state index in [0.29, 0.717) is 5.75 Å². The molecule has 1 nitrogen and oxygen atoms in total. The van der Waals surface area contributed by atoms with E-state index in [4.69, 9.17) is 0 Å². The molecule has 0 aliphatic rings. The monoisotopic (exact) mass is 226 g/mol. The van der Waals surface area contributed by atoms with E-state index in [1.54, 1.807) is 12.1 Å². The topological polar surface area (TPSA) is 20.2 Å². The fourth-order valence-electron chi connectivity index (χ4n) is 2.24. The molecule has 1 heteroatoms. The van der Waals surface area contributed by atoms with Crippen LogP contribution < -0.4 is 0 Å². The Morgan fingerprint density at radius 3 is 1.82 bits per heavy atom. The van der Waals surface area contributed by atoms with Gasteiger partial charge in [0, 0.05) is 0 Å². The third-order valence-corrected chi connectivity index (χ3v) is 3.15. The van der Waals surface area contributed by atoms with Gasteiger partial charge in [-0.3, -0.25) is 0 Å². The van der Waals surface area contributed by atoms with Gasteiger partial charge < -0.3 is 5.11 Å². The highest BCUT2D eigenvalue weighted by Gasteiger charge is 2.08. The fraction of sp³-hybridized carbons (Fsp3) is 0.250. The zero-order valence-corrected chi connectivity index (χ0v) is 10.4. The predicted octanol–water partition coefficient (Wildman–Crippen LogP) is 4.18. The molecular weight excluding hydrogens is 208 g/mol. The number of phenols is 1. The molecule has 0 heterocycles. The minimum atomic E-state index is 0.320. The summed E-state index contributed by atoms with van der Waals surface area (Å²) in [6.45, 7) is 4.36. The summed E-state index contributed by atoms with van der Waals surface area (Å²) in [5.41, 5.74) is 5.26. The lowest BCUT2D eigenvalue weighted by Crippen LogP contribution is -1.93. The first-order chi connectivity index (χ1) is 8.26. The summed E-state index contributed by atoms with van der Waals surface area (Å²) < 4.78 is 0. The molecular formula is C16H18O. The maximum Gasteiger partial charge on any atom is 0.115 e. The molecule has 0 unspecified atom stereocenters. The summed E-state index contributed by atoms with van der Waals surface area (Å²) in [5.74, 6) is 0.320. The summed E-state index contributed by atoms with van der Waals surface area (Å²) >= 11 is 0. The van der Waals surface area contributed by atoms with Crippen molar-refractivity contribution >= 4 is 0 Å². The molecule has 0 aromatic heterocycles. The molecule has 2 rings (SSSR count). The molecule has 0 fully saturated rings. The predicted molar refractivity (Wildman–Crippen MR) is 72.3 cm³/mol. The van der Waals surface area contributed by atoms with Crippen molar-refractivity contribution in [3.05, 3.63) is 53.6 Å². The minimum absolute atomic E-state index is 0.320. The van der Waals surface area contributed by atoms with Crippen molar-refractivity contribution in [1.82, 2.24) is 0 Å². The third-order valence-electron chi connectivity index (χ3n) is 3.15. The molecule has 2 aromatic carbocycles. The van der Waals surface area contributed by atoms with Crippen LogP contribution in [0, 0.1) is 0 Å². The van der Waals surface area contributed by atoms with Gasteiger partial charge in [0.15, 0.2) is 0 Å². The number of rotatable bonds is 3. The number of aryl methyl sites for hydroxylation is 2. The van der Waals surface area contributed by atoms with E-state index in [1.807, 2.05) is 12.1 Å². The second kappa shape index (κ2) is 5.05. The molecule has 0 radical (unpaired) electrons. The van der Waals surface area contributed by atoms with Crippen molar-refractivity contribution in [3.63, 3.8) is 0 Å². The Morgan fingerprint density at radius 2 is 1.35 bits per heavy atom. The van der Waals surface area contributed by atoms with Gasteiger partial charge in [-0.1, -0.05) is 44.2 Å². The molecule has 0 spiro atoms. The molecule has 17 heavy (non-hydrogen) atoms. The number of benzene rings is 2. The van der Waals surface area contributed by atoms with Crippen molar-refractivity contribution in [3.8, 4) is 16.9 Å². The Hall–Kier alpha value is -1.76. The van der Waals surface area contributed by atoms with Crippen LogP contribution in [0.1, 0.15) is 25.0 Å². The Balaban J connectivity index is 2.59. The maximum atomic E-state index is 9.36. The number of hydrogen-bond donors (Lipinski definition) is 1.